The maximum absolute atomic E-state index is 13.3. The van der Waals surface area contributed by atoms with Gasteiger partial charge in [0.15, 0.2) is 0 Å². The van der Waals surface area contributed by atoms with Crippen LogP contribution in [0, 0.1) is 28.6 Å². The Morgan fingerprint density at radius 1 is 1.16 bits per heavy atom. The molecule has 1 saturated heterocycles. The number of carbonyl (C=O) groups excluding carboxylic acids is 4. The lowest BCUT2D eigenvalue weighted by Crippen LogP contribution is -2.60. The number of hydrogen-bond acceptors (Lipinski definition) is 9. The minimum atomic E-state index is -1.02. The van der Waals surface area contributed by atoms with Gasteiger partial charge in [0, 0.05) is 5.56 Å². The third-order valence-corrected chi connectivity index (χ3v) is 7.49. The van der Waals surface area contributed by atoms with Gasteiger partial charge in [-0.3, -0.25) is 19.2 Å². The number of furan rings is 1. The van der Waals surface area contributed by atoms with Crippen LogP contribution in [0.25, 0.3) is 0 Å². The quantitative estimate of drug-likeness (QED) is 0.476. The monoisotopic (exact) mass is 450 g/mol. The molecule has 1 aromatic heterocycles. The van der Waals surface area contributed by atoms with Crippen molar-refractivity contribution in [2.75, 3.05) is 21.3 Å². The fourth-order valence-corrected chi connectivity index (χ4v) is 5.85. The van der Waals surface area contributed by atoms with E-state index in [9.17, 15) is 19.2 Å². The molecule has 0 amide bonds. The van der Waals surface area contributed by atoms with Crippen molar-refractivity contribution in [3.63, 3.8) is 0 Å². The molecule has 32 heavy (non-hydrogen) atoms. The fraction of sp³-hybridized carbons (Fsp3) is 0.652. The van der Waals surface area contributed by atoms with Gasteiger partial charge in [-0.25, -0.2) is 0 Å². The van der Waals surface area contributed by atoms with E-state index in [1.165, 1.54) is 33.9 Å². The minimum absolute atomic E-state index is 0.247. The maximum Gasteiger partial charge on any atom is 0.310 e. The van der Waals surface area contributed by atoms with E-state index in [0.717, 1.165) is 0 Å². The molecule has 2 fully saturated rings. The Hall–Kier alpha value is -2.84. The first kappa shape index (κ1) is 23.8. The summed E-state index contributed by atoms with van der Waals surface area (Å²) in [5.41, 5.74) is -1.22. The largest absolute Gasteiger partial charge is 0.472 e. The van der Waals surface area contributed by atoms with Crippen LogP contribution in [-0.2, 0) is 38.1 Å². The second-order valence-electron chi connectivity index (χ2n) is 9.10. The normalized spacial score (nSPS) is 32.8. The van der Waals surface area contributed by atoms with E-state index >= 15 is 0 Å². The van der Waals surface area contributed by atoms with Gasteiger partial charge in [-0.05, 0) is 36.2 Å². The molecule has 0 unspecified atom stereocenters. The number of ether oxygens (including phenoxy) is 4. The van der Waals surface area contributed by atoms with E-state index < -0.39 is 58.6 Å². The second kappa shape index (κ2) is 8.96. The molecule has 6 atom stereocenters. The van der Waals surface area contributed by atoms with Crippen molar-refractivity contribution in [2.24, 2.45) is 28.6 Å². The highest BCUT2D eigenvalue weighted by Gasteiger charge is 2.65. The molecule has 1 saturated carbocycles. The Bertz CT molecular complexity index is 876. The van der Waals surface area contributed by atoms with Crippen molar-refractivity contribution in [1.82, 2.24) is 0 Å². The van der Waals surface area contributed by atoms with Crippen molar-refractivity contribution in [3.05, 3.63) is 24.2 Å². The van der Waals surface area contributed by atoms with Crippen LogP contribution in [0.2, 0.25) is 0 Å². The summed E-state index contributed by atoms with van der Waals surface area (Å²) in [4.78, 5) is 51.3. The summed E-state index contributed by atoms with van der Waals surface area (Å²) in [6.45, 7) is 3.64. The zero-order valence-corrected chi connectivity index (χ0v) is 19.0. The predicted molar refractivity (Wildman–Crippen MR) is 109 cm³/mol. The van der Waals surface area contributed by atoms with Gasteiger partial charge in [0.05, 0.1) is 58.0 Å². The highest BCUT2D eigenvalue weighted by Crippen LogP contribution is 2.63. The van der Waals surface area contributed by atoms with Crippen LogP contribution < -0.4 is 0 Å². The highest BCUT2D eigenvalue weighted by atomic mass is 16.5. The summed E-state index contributed by atoms with van der Waals surface area (Å²) in [5.74, 6) is -4.51. The Kier molecular flexibility index (Phi) is 6.67. The first-order valence-electron chi connectivity index (χ1n) is 10.6. The van der Waals surface area contributed by atoms with Crippen molar-refractivity contribution >= 4 is 23.9 Å². The molecule has 0 bridgehead atoms. The van der Waals surface area contributed by atoms with Crippen LogP contribution in [0.3, 0.4) is 0 Å². The SMILES string of the molecule is COC(=O)C[C@@H](C(=O)OC)[C@]1(C)CC[C@H]2C(=O)O[C@H](c3ccoc3)C[C@]2(C)[C@H]1C(=O)OC. The summed E-state index contributed by atoms with van der Waals surface area (Å²) >= 11 is 0. The van der Waals surface area contributed by atoms with E-state index in [1.807, 2.05) is 6.92 Å². The average molecular weight is 450 g/mol. The topological polar surface area (TPSA) is 118 Å². The highest BCUT2D eigenvalue weighted by molar-refractivity contribution is 5.84. The van der Waals surface area contributed by atoms with Gasteiger partial charge in [0.2, 0.25) is 0 Å². The average Bonchev–Trinajstić information content (AvgIpc) is 3.30. The molecule has 1 aliphatic carbocycles. The van der Waals surface area contributed by atoms with Crippen molar-refractivity contribution < 1.29 is 42.5 Å². The molecule has 176 valence electrons. The van der Waals surface area contributed by atoms with Crippen LogP contribution in [0.1, 0.15) is 51.2 Å². The summed E-state index contributed by atoms with van der Waals surface area (Å²) < 4.78 is 25.8. The first-order valence-corrected chi connectivity index (χ1v) is 10.6. The smallest absolute Gasteiger partial charge is 0.310 e. The van der Waals surface area contributed by atoms with Gasteiger partial charge < -0.3 is 23.4 Å². The Morgan fingerprint density at radius 3 is 2.44 bits per heavy atom. The third-order valence-electron chi connectivity index (χ3n) is 7.49. The molecule has 0 aromatic carbocycles. The molecule has 1 aromatic rings. The zero-order valence-electron chi connectivity index (χ0n) is 19.0. The molecule has 0 N–H and O–H groups in total. The molecule has 3 rings (SSSR count). The number of hydrogen-bond donors (Lipinski definition) is 0. The number of rotatable bonds is 6. The molecule has 9 heteroatoms. The number of fused-ring (bicyclic) bond motifs is 1. The molecule has 2 aliphatic rings. The molecule has 9 nitrogen and oxygen atoms in total. The second-order valence-corrected chi connectivity index (χ2v) is 9.10. The van der Waals surface area contributed by atoms with Crippen LogP contribution >= 0.6 is 0 Å². The standard InChI is InChI=1S/C23H30O9/c1-22(15(19(25)29-4)10-17(24)28-3)8-6-14-20(26)32-16(13-7-9-31-12-13)11-23(14,2)18(22)21(27)30-5/h7,9,12,14-16,18H,6,8,10-11H2,1-5H3/t14-,15-,16-,18-,22-,23-/m0/s1. The van der Waals surface area contributed by atoms with E-state index in [0.29, 0.717) is 24.8 Å². The molecule has 0 spiro atoms. The van der Waals surface area contributed by atoms with E-state index in [-0.39, 0.29) is 6.42 Å². The summed E-state index contributed by atoms with van der Waals surface area (Å²) in [6, 6.07) is 1.71. The number of esters is 4. The van der Waals surface area contributed by atoms with Crippen molar-refractivity contribution in [1.29, 1.82) is 0 Å². The number of carbonyl (C=O) groups is 4. The molecular weight excluding hydrogens is 420 g/mol. The van der Waals surface area contributed by atoms with Crippen LogP contribution in [0.4, 0.5) is 0 Å². The molecule has 1 aliphatic heterocycles. The predicted octanol–water partition coefficient (Wildman–Crippen LogP) is 2.83. The van der Waals surface area contributed by atoms with Gasteiger partial charge in [0.25, 0.3) is 0 Å². The van der Waals surface area contributed by atoms with Gasteiger partial charge >= 0.3 is 23.9 Å². The minimum Gasteiger partial charge on any atom is -0.472 e. The molecule has 0 radical (unpaired) electrons. The Morgan fingerprint density at radius 2 is 1.88 bits per heavy atom. The van der Waals surface area contributed by atoms with Crippen molar-refractivity contribution in [2.45, 2.75) is 45.6 Å². The van der Waals surface area contributed by atoms with Crippen LogP contribution in [-0.4, -0.2) is 45.2 Å². The van der Waals surface area contributed by atoms with Crippen LogP contribution in [0.5, 0.6) is 0 Å². The maximum atomic E-state index is 13.3. The third kappa shape index (κ3) is 3.89. The van der Waals surface area contributed by atoms with Gasteiger partial charge in [-0.1, -0.05) is 13.8 Å². The Balaban J connectivity index is 2.10. The summed E-state index contributed by atoms with van der Waals surface area (Å²) in [5, 5.41) is 0. The van der Waals surface area contributed by atoms with Crippen molar-refractivity contribution in [3.8, 4) is 0 Å². The fourth-order valence-electron chi connectivity index (χ4n) is 5.85. The van der Waals surface area contributed by atoms with Gasteiger partial charge in [-0.15, -0.1) is 0 Å². The van der Waals surface area contributed by atoms with E-state index in [2.05, 4.69) is 0 Å². The lowest BCUT2D eigenvalue weighted by atomic mass is 9.46. The zero-order chi connectivity index (χ0) is 23.7. The lowest BCUT2D eigenvalue weighted by molar-refractivity contribution is -0.206. The van der Waals surface area contributed by atoms with Gasteiger partial charge in [-0.2, -0.15) is 0 Å². The lowest BCUT2D eigenvalue weighted by Gasteiger charge is -2.57. The Labute approximate surface area is 186 Å². The number of methoxy groups -OCH3 is 3. The van der Waals surface area contributed by atoms with Crippen LogP contribution in [0.15, 0.2) is 23.0 Å². The number of cyclic esters (lactones) is 1. The summed E-state index contributed by atoms with van der Waals surface area (Å²) in [7, 11) is 3.75. The van der Waals surface area contributed by atoms with E-state index in [1.54, 1.807) is 13.0 Å². The first-order chi connectivity index (χ1) is 15.1. The van der Waals surface area contributed by atoms with E-state index in [4.69, 9.17) is 23.4 Å². The van der Waals surface area contributed by atoms with Gasteiger partial charge in [0.1, 0.15) is 6.10 Å². The molecule has 2 heterocycles. The summed E-state index contributed by atoms with van der Waals surface area (Å²) in [6.07, 6.45) is 3.21. The molecular formula is C23H30O9.